The van der Waals surface area contributed by atoms with Gasteiger partial charge in [0.1, 0.15) is 11.6 Å². The number of aromatic nitrogens is 4. The van der Waals surface area contributed by atoms with Crippen LogP contribution in [0.5, 0.6) is 0 Å². The largest absolute Gasteiger partial charge is 0.393 e. The van der Waals surface area contributed by atoms with E-state index in [1.165, 1.54) is 5.69 Å². The van der Waals surface area contributed by atoms with Crippen molar-refractivity contribution in [2.45, 2.75) is 44.2 Å². The highest BCUT2D eigenvalue weighted by Crippen LogP contribution is 2.29. The van der Waals surface area contributed by atoms with Crippen LogP contribution in [0.3, 0.4) is 0 Å². The third-order valence-electron chi connectivity index (χ3n) is 5.81. The molecule has 2 aromatic rings. The van der Waals surface area contributed by atoms with Gasteiger partial charge in [-0.3, -0.25) is 9.88 Å². The van der Waals surface area contributed by atoms with Gasteiger partial charge in [-0.2, -0.15) is 0 Å². The summed E-state index contributed by atoms with van der Waals surface area (Å²) in [5.74, 6) is 2.63. The first-order chi connectivity index (χ1) is 12.7. The summed E-state index contributed by atoms with van der Waals surface area (Å²) in [4.78, 5) is 8.90. The molecular weight excluding hydrogens is 328 g/mol. The van der Waals surface area contributed by atoms with Gasteiger partial charge in [-0.05, 0) is 37.8 Å². The van der Waals surface area contributed by atoms with E-state index in [0.717, 1.165) is 70.1 Å². The van der Waals surface area contributed by atoms with Crippen molar-refractivity contribution >= 4 is 5.69 Å². The number of pyridine rings is 1. The molecule has 0 amide bonds. The summed E-state index contributed by atoms with van der Waals surface area (Å²) in [6, 6.07) is 4.16. The van der Waals surface area contributed by atoms with Crippen LogP contribution >= 0.6 is 0 Å². The van der Waals surface area contributed by atoms with E-state index < -0.39 is 0 Å². The van der Waals surface area contributed by atoms with Crippen molar-refractivity contribution in [1.29, 1.82) is 0 Å². The van der Waals surface area contributed by atoms with Crippen LogP contribution in [-0.2, 0) is 13.6 Å². The van der Waals surface area contributed by atoms with Crippen molar-refractivity contribution in [2.24, 2.45) is 7.05 Å². The number of likely N-dealkylation sites (tertiary alicyclic amines) is 1. The molecular formula is C19H28N6O. The highest BCUT2D eigenvalue weighted by atomic mass is 16.3. The van der Waals surface area contributed by atoms with Crippen molar-refractivity contribution in [3.05, 3.63) is 36.2 Å². The lowest BCUT2D eigenvalue weighted by molar-refractivity contribution is 0.0775. The molecule has 1 N–H and O–H groups in total. The van der Waals surface area contributed by atoms with Crippen LogP contribution < -0.4 is 4.90 Å². The van der Waals surface area contributed by atoms with E-state index in [1.54, 1.807) is 0 Å². The molecule has 4 heterocycles. The lowest BCUT2D eigenvalue weighted by atomic mass is 9.95. The molecule has 2 fully saturated rings. The van der Waals surface area contributed by atoms with E-state index in [4.69, 9.17) is 0 Å². The summed E-state index contributed by atoms with van der Waals surface area (Å²) >= 11 is 0. The van der Waals surface area contributed by atoms with E-state index in [2.05, 4.69) is 48.7 Å². The van der Waals surface area contributed by atoms with Gasteiger partial charge in [0.2, 0.25) is 0 Å². The first kappa shape index (κ1) is 17.4. The molecule has 0 spiro atoms. The number of hydrogen-bond donors (Lipinski definition) is 1. The van der Waals surface area contributed by atoms with Gasteiger partial charge in [-0.15, -0.1) is 10.2 Å². The van der Waals surface area contributed by atoms with Gasteiger partial charge in [0.25, 0.3) is 0 Å². The van der Waals surface area contributed by atoms with E-state index in [0.29, 0.717) is 5.92 Å². The molecule has 2 aromatic heterocycles. The van der Waals surface area contributed by atoms with Gasteiger partial charge in [0.05, 0.1) is 12.6 Å². The standard InChI is InChI=1S/C19H28N6O/c1-23-18(14-24-10-6-17(26)7-11-24)21-22-19(23)15-4-12-25(13-5-15)16-2-8-20-9-3-16/h2-3,8-9,15,17,26H,4-7,10-14H2,1H3. The fraction of sp³-hybridized carbons (Fsp3) is 0.632. The summed E-state index contributed by atoms with van der Waals surface area (Å²) < 4.78 is 2.19. The molecule has 7 nitrogen and oxygen atoms in total. The minimum Gasteiger partial charge on any atom is -0.393 e. The molecule has 140 valence electrons. The molecule has 2 aliphatic heterocycles. The lowest BCUT2D eigenvalue weighted by Gasteiger charge is -2.33. The van der Waals surface area contributed by atoms with Gasteiger partial charge >= 0.3 is 0 Å². The summed E-state index contributed by atoms with van der Waals surface area (Å²) in [5.41, 5.74) is 1.25. The Labute approximate surface area is 154 Å². The number of rotatable bonds is 4. The second-order valence-electron chi connectivity index (χ2n) is 7.51. The molecule has 0 atom stereocenters. The third-order valence-corrected chi connectivity index (χ3v) is 5.81. The monoisotopic (exact) mass is 356 g/mol. The van der Waals surface area contributed by atoms with Crippen LogP contribution in [0.15, 0.2) is 24.5 Å². The topological polar surface area (TPSA) is 70.3 Å². The van der Waals surface area contributed by atoms with E-state index >= 15 is 0 Å². The minimum absolute atomic E-state index is 0.133. The number of anilines is 1. The Morgan fingerprint density at radius 3 is 2.38 bits per heavy atom. The molecule has 26 heavy (non-hydrogen) atoms. The predicted octanol–water partition coefficient (Wildman–Crippen LogP) is 1.55. The summed E-state index contributed by atoms with van der Waals surface area (Å²) in [6.07, 6.45) is 7.50. The quantitative estimate of drug-likeness (QED) is 0.896. The zero-order valence-corrected chi connectivity index (χ0v) is 15.5. The average molecular weight is 356 g/mol. The maximum atomic E-state index is 9.66. The van der Waals surface area contributed by atoms with Crippen molar-refractivity contribution in [1.82, 2.24) is 24.6 Å². The molecule has 2 saturated heterocycles. The molecule has 0 saturated carbocycles. The van der Waals surface area contributed by atoms with Crippen LogP contribution in [-0.4, -0.2) is 62.0 Å². The highest BCUT2D eigenvalue weighted by Gasteiger charge is 2.26. The van der Waals surface area contributed by atoms with Crippen LogP contribution in [0.2, 0.25) is 0 Å². The summed E-state index contributed by atoms with van der Waals surface area (Å²) in [7, 11) is 2.10. The van der Waals surface area contributed by atoms with Gasteiger partial charge in [0, 0.05) is 57.2 Å². The molecule has 4 rings (SSSR count). The van der Waals surface area contributed by atoms with Crippen molar-refractivity contribution in [2.75, 3.05) is 31.1 Å². The molecule has 7 heteroatoms. The number of nitrogens with zero attached hydrogens (tertiary/aromatic N) is 6. The smallest absolute Gasteiger partial charge is 0.146 e. The van der Waals surface area contributed by atoms with Crippen molar-refractivity contribution in [3.8, 4) is 0 Å². The fourth-order valence-electron chi connectivity index (χ4n) is 4.10. The number of aliphatic hydroxyl groups is 1. The molecule has 0 radical (unpaired) electrons. The Balaban J connectivity index is 1.36. The highest BCUT2D eigenvalue weighted by molar-refractivity contribution is 5.45. The first-order valence-electron chi connectivity index (χ1n) is 9.64. The molecule has 0 aromatic carbocycles. The van der Waals surface area contributed by atoms with E-state index in [9.17, 15) is 5.11 Å². The second-order valence-corrected chi connectivity index (χ2v) is 7.51. The van der Waals surface area contributed by atoms with E-state index in [1.807, 2.05) is 12.4 Å². The Kier molecular flexibility index (Phi) is 5.17. The molecule has 0 bridgehead atoms. The Morgan fingerprint density at radius 1 is 1.00 bits per heavy atom. The Bertz CT molecular complexity index is 702. The van der Waals surface area contributed by atoms with E-state index in [-0.39, 0.29) is 6.10 Å². The first-order valence-corrected chi connectivity index (χ1v) is 9.64. The molecule has 0 aliphatic carbocycles. The normalized spacial score (nSPS) is 20.6. The van der Waals surface area contributed by atoms with Crippen molar-refractivity contribution < 1.29 is 5.11 Å². The Morgan fingerprint density at radius 2 is 1.69 bits per heavy atom. The maximum Gasteiger partial charge on any atom is 0.146 e. The molecule has 0 unspecified atom stereocenters. The maximum absolute atomic E-state index is 9.66. The summed E-state index contributed by atoms with van der Waals surface area (Å²) in [5, 5.41) is 18.7. The zero-order valence-electron chi connectivity index (χ0n) is 15.5. The van der Waals surface area contributed by atoms with Gasteiger partial charge in [-0.25, -0.2) is 0 Å². The molecule has 2 aliphatic rings. The number of hydrogen-bond acceptors (Lipinski definition) is 6. The SMILES string of the molecule is Cn1c(CN2CCC(O)CC2)nnc1C1CCN(c2ccncc2)CC1. The zero-order chi connectivity index (χ0) is 17.9. The summed E-state index contributed by atoms with van der Waals surface area (Å²) in [6.45, 7) is 4.79. The van der Waals surface area contributed by atoms with Crippen molar-refractivity contribution in [3.63, 3.8) is 0 Å². The van der Waals surface area contributed by atoms with Crippen LogP contribution in [0.4, 0.5) is 5.69 Å². The van der Waals surface area contributed by atoms with Crippen LogP contribution in [0.1, 0.15) is 43.3 Å². The number of piperidine rings is 2. The minimum atomic E-state index is -0.133. The third kappa shape index (κ3) is 3.73. The second kappa shape index (κ2) is 7.72. The lowest BCUT2D eigenvalue weighted by Crippen LogP contribution is -2.36. The predicted molar refractivity (Wildman–Crippen MR) is 99.9 cm³/mol. The fourth-order valence-corrected chi connectivity index (χ4v) is 4.10. The van der Waals surface area contributed by atoms with Crippen LogP contribution in [0.25, 0.3) is 0 Å². The van der Waals surface area contributed by atoms with Gasteiger partial charge in [-0.1, -0.05) is 0 Å². The van der Waals surface area contributed by atoms with Gasteiger partial charge in [0.15, 0.2) is 0 Å². The van der Waals surface area contributed by atoms with Gasteiger partial charge < -0.3 is 14.6 Å². The average Bonchev–Trinajstić information content (AvgIpc) is 3.05. The number of aliphatic hydroxyl groups excluding tert-OH is 1. The van der Waals surface area contributed by atoms with Crippen LogP contribution in [0, 0.1) is 0 Å². The Hall–Kier alpha value is -1.99.